The second kappa shape index (κ2) is 8.38. The number of benzene rings is 2. The average Bonchev–Trinajstić information content (AvgIpc) is 2.67. The highest BCUT2D eigenvalue weighted by molar-refractivity contribution is 7.89. The molecule has 1 amide bonds. The number of rotatable bonds is 4. The Morgan fingerprint density at radius 1 is 0.964 bits per heavy atom. The van der Waals surface area contributed by atoms with E-state index in [0.717, 1.165) is 28.1 Å². The van der Waals surface area contributed by atoms with E-state index in [4.69, 9.17) is 11.6 Å². The molecule has 0 spiro atoms. The third-order valence-corrected chi connectivity index (χ3v) is 6.56. The Morgan fingerprint density at radius 2 is 1.54 bits per heavy atom. The van der Waals surface area contributed by atoms with E-state index in [2.05, 4.69) is 0 Å². The molecule has 1 fully saturated rings. The van der Waals surface area contributed by atoms with Gasteiger partial charge in [-0.1, -0.05) is 29.8 Å². The first-order valence-corrected chi connectivity index (χ1v) is 10.3. The van der Waals surface area contributed by atoms with E-state index in [0.29, 0.717) is 5.02 Å². The zero-order valence-electron chi connectivity index (χ0n) is 14.7. The van der Waals surface area contributed by atoms with Gasteiger partial charge in [0.15, 0.2) is 4.90 Å². The molecule has 0 atom stereocenters. The van der Waals surface area contributed by atoms with Crippen LogP contribution in [-0.4, -0.2) is 49.7 Å². The van der Waals surface area contributed by atoms with Gasteiger partial charge in [0.05, 0.1) is 0 Å². The average molecular weight is 427 g/mol. The summed E-state index contributed by atoms with van der Waals surface area (Å²) < 4.78 is 53.8. The van der Waals surface area contributed by atoms with Gasteiger partial charge in [-0.3, -0.25) is 4.79 Å². The van der Waals surface area contributed by atoms with E-state index in [1.54, 1.807) is 30.3 Å². The molecule has 5 nitrogen and oxygen atoms in total. The summed E-state index contributed by atoms with van der Waals surface area (Å²) >= 11 is 5.81. The summed E-state index contributed by atoms with van der Waals surface area (Å²) in [5, 5.41) is 0.590. The fraction of sp³-hybridized carbons (Fsp3) is 0.211. The second-order valence-electron chi connectivity index (χ2n) is 6.17. The molecule has 2 aromatic rings. The third-order valence-electron chi connectivity index (χ3n) is 4.36. The maximum absolute atomic E-state index is 13.9. The van der Waals surface area contributed by atoms with Gasteiger partial charge >= 0.3 is 0 Å². The lowest BCUT2D eigenvalue weighted by Gasteiger charge is -2.33. The predicted octanol–water partition coefficient (Wildman–Crippen LogP) is 3.16. The molecule has 0 aromatic heterocycles. The van der Waals surface area contributed by atoms with Gasteiger partial charge in [0.2, 0.25) is 15.9 Å². The van der Waals surface area contributed by atoms with Crippen LogP contribution in [-0.2, 0) is 14.8 Å². The first-order chi connectivity index (χ1) is 13.3. The Hall–Kier alpha value is -2.29. The number of carbonyl (C=O) groups excluding carboxylic acids is 1. The van der Waals surface area contributed by atoms with Crippen molar-refractivity contribution in [2.75, 3.05) is 26.2 Å². The van der Waals surface area contributed by atoms with Gasteiger partial charge in [0.25, 0.3) is 0 Å². The summed E-state index contributed by atoms with van der Waals surface area (Å²) in [4.78, 5) is 12.8. The zero-order valence-corrected chi connectivity index (χ0v) is 16.3. The van der Waals surface area contributed by atoms with Crippen LogP contribution in [0.5, 0.6) is 0 Å². The summed E-state index contributed by atoms with van der Waals surface area (Å²) in [5.74, 6) is -2.54. The van der Waals surface area contributed by atoms with Crippen LogP contribution in [0, 0.1) is 11.6 Å². The van der Waals surface area contributed by atoms with E-state index in [1.807, 2.05) is 0 Å². The molecule has 0 N–H and O–H groups in total. The summed E-state index contributed by atoms with van der Waals surface area (Å²) in [6, 6.07) is 9.84. The fourth-order valence-electron chi connectivity index (χ4n) is 2.85. The molecule has 0 radical (unpaired) electrons. The molecule has 0 bridgehead atoms. The van der Waals surface area contributed by atoms with Crippen LogP contribution in [0.1, 0.15) is 5.56 Å². The Bertz CT molecular complexity index is 982. The Kier molecular flexibility index (Phi) is 6.12. The standard InChI is InChI=1S/C19H17ClF2N2O3S/c20-15-7-4-14(5-8-15)6-9-18(25)23-10-12-24(13-11-23)28(26,27)19-16(21)2-1-3-17(19)22/h1-9H,10-13H2/b9-6+. The van der Waals surface area contributed by atoms with Gasteiger partial charge in [-0.2, -0.15) is 4.31 Å². The van der Waals surface area contributed by atoms with Crippen LogP contribution in [0.15, 0.2) is 53.4 Å². The molecule has 148 valence electrons. The molecule has 0 unspecified atom stereocenters. The molecule has 1 aliphatic rings. The highest BCUT2D eigenvalue weighted by Gasteiger charge is 2.33. The van der Waals surface area contributed by atoms with E-state index >= 15 is 0 Å². The predicted molar refractivity (Wildman–Crippen MR) is 102 cm³/mol. The maximum Gasteiger partial charge on any atom is 0.249 e. The lowest BCUT2D eigenvalue weighted by molar-refractivity contribution is -0.127. The van der Waals surface area contributed by atoms with Crippen LogP contribution in [0.3, 0.4) is 0 Å². The van der Waals surface area contributed by atoms with E-state index in [-0.39, 0.29) is 32.1 Å². The monoisotopic (exact) mass is 426 g/mol. The number of halogens is 3. The van der Waals surface area contributed by atoms with Gasteiger partial charge in [-0.05, 0) is 35.9 Å². The SMILES string of the molecule is O=C(/C=C/c1ccc(Cl)cc1)N1CCN(S(=O)(=O)c2c(F)cccc2F)CC1. The van der Waals surface area contributed by atoms with Crippen molar-refractivity contribution in [3.05, 3.63) is 70.8 Å². The van der Waals surface area contributed by atoms with Crippen molar-refractivity contribution in [1.82, 2.24) is 9.21 Å². The largest absolute Gasteiger partial charge is 0.337 e. The number of hydrogen-bond donors (Lipinski definition) is 0. The number of piperazine rings is 1. The molecular weight excluding hydrogens is 410 g/mol. The van der Waals surface area contributed by atoms with Crippen molar-refractivity contribution in [1.29, 1.82) is 0 Å². The van der Waals surface area contributed by atoms with Crippen LogP contribution in [0.25, 0.3) is 6.08 Å². The van der Waals surface area contributed by atoms with Crippen molar-refractivity contribution in [2.24, 2.45) is 0 Å². The first kappa shape index (κ1) is 20.4. The van der Waals surface area contributed by atoms with Crippen molar-refractivity contribution >= 4 is 33.6 Å². The number of nitrogens with zero attached hydrogens (tertiary/aromatic N) is 2. The maximum atomic E-state index is 13.9. The van der Waals surface area contributed by atoms with Gasteiger partial charge in [0.1, 0.15) is 11.6 Å². The topological polar surface area (TPSA) is 57.7 Å². The molecule has 2 aromatic carbocycles. The summed E-state index contributed by atoms with van der Waals surface area (Å²) in [6.45, 7) is 0.158. The molecule has 3 rings (SSSR count). The van der Waals surface area contributed by atoms with Gasteiger partial charge in [-0.25, -0.2) is 17.2 Å². The highest BCUT2D eigenvalue weighted by atomic mass is 35.5. The van der Waals surface area contributed by atoms with Gasteiger partial charge < -0.3 is 4.90 Å². The van der Waals surface area contributed by atoms with E-state index in [9.17, 15) is 22.0 Å². The minimum Gasteiger partial charge on any atom is -0.337 e. The molecule has 1 heterocycles. The van der Waals surface area contributed by atoms with Crippen molar-refractivity contribution in [2.45, 2.75) is 4.90 Å². The van der Waals surface area contributed by atoms with Crippen molar-refractivity contribution in [3.8, 4) is 0 Å². The van der Waals surface area contributed by atoms with Crippen LogP contribution in [0.4, 0.5) is 8.78 Å². The molecule has 9 heteroatoms. The Balaban J connectivity index is 1.65. The first-order valence-electron chi connectivity index (χ1n) is 8.46. The van der Waals surface area contributed by atoms with Crippen molar-refractivity contribution in [3.63, 3.8) is 0 Å². The second-order valence-corrected chi connectivity index (χ2v) is 8.48. The number of carbonyl (C=O) groups is 1. The number of amides is 1. The summed E-state index contributed by atoms with van der Waals surface area (Å²) in [6.07, 6.45) is 3.03. The van der Waals surface area contributed by atoms with Crippen LogP contribution >= 0.6 is 11.6 Å². The van der Waals surface area contributed by atoms with E-state index in [1.165, 1.54) is 11.0 Å². The third kappa shape index (κ3) is 4.40. The highest BCUT2D eigenvalue weighted by Crippen LogP contribution is 2.23. The van der Waals surface area contributed by atoms with Gasteiger partial charge in [-0.15, -0.1) is 0 Å². The normalized spacial score (nSPS) is 15.9. The molecule has 28 heavy (non-hydrogen) atoms. The fourth-order valence-corrected chi connectivity index (χ4v) is 4.51. The van der Waals surface area contributed by atoms with Crippen LogP contribution < -0.4 is 0 Å². The Morgan fingerprint density at radius 3 is 2.11 bits per heavy atom. The minimum absolute atomic E-state index is 0.0450. The molecule has 1 saturated heterocycles. The lowest BCUT2D eigenvalue weighted by atomic mass is 10.2. The van der Waals surface area contributed by atoms with Crippen molar-refractivity contribution < 1.29 is 22.0 Å². The number of hydrogen-bond acceptors (Lipinski definition) is 3. The Labute approximate surface area is 166 Å². The number of sulfonamides is 1. The molecule has 1 aliphatic heterocycles. The quantitative estimate of drug-likeness (QED) is 0.706. The molecule has 0 aliphatic carbocycles. The molecule has 0 saturated carbocycles. The van der Waals surface area contributed by atoms with Crippen LogP contribution in [0.2, 0.25) is 5.02 Å². The minimum atomic E-state index is -4.32. The zero-order chi connectivity index (χ0) is 20.3. The smallest absolute Gasteiger partial charge is 0.249 e. The van der Waals surface area contributed by atoms with E-state index < -0.39 is 26.6 Å². The lowest BCUT2D eigenvalue weighted by Crippen LogP contribution is -2.50. The van der Waals surface area contributed by atoms with Gasteiger partial charge in [0, 0.05) is 37.3 Å². The summed E-state index contributed by atoms with van der Waals surface area (Å²) in [5.41, 5.74) is 0.800. The summed E-state index contributed by atoms with van der Waals surface area (Å²) in [7, 11) is -4.32. The molecular formula is C19H17ClF2N2O3S.